The topological polar surface area (TPSA) is 54.9 Å². The van der Waals surface area contributed by atoms with Gasteiger partial charge in [0.1, 0.15) is 18.0 Å². The van der Waals surface area contributed by atoms with Gasteiger partial charge in [-0.15, -0.1) is 0 Å². The van der Waals surface area contributed by atoms with Crippen molar-refractivity contribution in [2.45, 2.75) is 39.8 Å². The molecule has 0 radical (unpaired) electrons. The molecule has 2 heterocycles. The number of carbonyl (C=O) groups excluding carboxylic acids is 1. The van der Waals surface area contributed by atoms with Crippen LogP contribution in [0.4, 0.5) is 4.79 Å². The highest BCUT2D eigenvalue weighted by Crippen LogP contribution is 2.14. The van der Waals surface area contributed by atoms with Crippen LogP contribution in [0.3, 0.4) is 0 Å². The lowest BCUT2D eigenvalue weighted by Gasteiger charge is -2.35. The van der Waals surface area contributed by atoms with E-state index < -0.39 is 5.60 Å². The predicted molar refractivity (Wildman–Crippen MR) is 123 cm³/mol. The van der Waals surface area contributed by atoms with Crippen molar-refractivity contribution in [1.82, 2.24) is 14.8 Å². The van der Waals surface area contributed by atoms with Crippen LogP contribution in [-0.2, 0) is 11.3 Å². The van der Waals surface area contributed by atoms with Gasteiger partial charge in [0.05, 0.1) is 6.20 Å². The quantitative estimate of drug-likeness (QED) is 0.683. The van der Waals surface area contributed by atoms with Gasteiger partial charge in [-0.25, -0.2) is 4.79 Å². The fourth-order valence-corrected chi connectivity index (χ4v) is 3.28. The van der Waals surface area contributed by atoms with Crippen LogP contribution in [0, 0.1) is 6.92 Å². The Hall–Kier alpha value is -2.86. The standard InChI is InChI=1S/C25H33N3O3/c1-20-7-12-23(18-26-20)30-17-5-6-21-8-10-22(11-9-21)19-27-13-15-28(16-14-27)24(29)31-25(2,3)4/h5-12,18H,13-17,19H2,1-4H3. The average molecular weight is 424 g/mol. The molecule has 0 unspecified atom stereocenters. The van der Waals surface area contributed by atoms with Crippen LogP contribution in [0.25, 0.3) is 6.08 Å². The number of aryl methyl sites for hydroxylation is 1. The van der Waals surface area contributed by atoms with Crippen LogP contribution >= 0.6 is 0 Å². The predicted octanol–water partition coefficient (Wildman–Crippen LogP) is 4.53. The monoisotopic (exact) mass is 423 g/mol. The first kappa shape index (κ1) is 22.8. The van der Waals surface area contributed by atoms with E-state index in [2.05, 4.69) is 40.2 Å². The van der Waals surface area contributed by atoms with E-state index in [-0.39, 0.29) is 6.09 Å². The molecule has 1 aromatic heterocycles. The Bertz CT molecular complexity index is 862. The van der Waals surface area contributed by atoms with Crippen molar-refractivity contribution in [2.24, 2.45) is 0 Å². The Balaban J connectivity index is 1.40. The number of amides is 1. The summed E-state index contributed by atoms with van der Waals surface area (Å²) in [6, 6.07) is 12.4. The zero-order valence-electron chi connectivity index (χ0n) is 19.0. The third-order valence-electron chi connectivity index (χ3n) is 4.95. The highest BCUT2D eigenvalue weighted by Gasteiger charge is 2.25. The number of nitrogens with zero attached hydrogens (tertiary/aromatic N) is 3. The number of ether oxygens (including phenoxy) is 2. The molecule has 0 saturated carbocycles. The summed E-state index contributed by atoms with van der Waals surface area (Å²) in [7, 11) is 0. The third kappa shape index (κ3) is 7.72. The van der Waals surface area contributed by atoms with E-state index in [0.717, 1.165) is 36.6 Å². The summed E-state index contributed by atoms with van der Waals surface area (Å²) in [5.41, 5.74) is 2.94. The van der Waals surface area contributed by atoms with Gasteiger partial charge in [0.2, 0.25) is 0 Å². The lowest BCUT2D eigenvalue weighted by molar-refractivity contribution is 0.0139. The number of hydrogen-bond donors (Lipinski definition) is 0. The second-order valence-electron chi connectivity index (χ2n) is 8.83. The SMILES string of the molecule is Cc1ccc(OCC=Cc2ccc(CN3CCN(C(=O)OC(C)(C)C)CC3)cc2)cn1. The van der Waals surface area contributed by atoms with Crippen molar-refractivity contribution in [3.8, 4) is 5.75 Å². The zero-order valence-corrected chi connectivity index (χ0v) is 19.0. The smallest absolute Gasteiger partial charge is 0.410 e. The van der Waals surface area contributed by atoms with Crippen LogP contribution in [0.2, 0.25) is 0 Å². The van der Waals surface area contributed by atoms with Gasteiger partial charge in [0.25, 0.3) is 0 Å². The van der Waals surface area contributed by atoms with E-state index in [1.165, 1.54) is 5.56 Å². The molecule has 2 aromatic rings. The fourth-order valence-electron chi connectivity index (χ4n) is 3.28. The molecule has 166 valence electrons. The van der Waals surface area contributed by atoms with Crippen LogP contribution in [-0.4, -0.2) is 59.3 Å². The minimum absolute atomic E-state index is 0.217. The summed E-state index contributed by atoms with van der Waals surface area (Å²) in [4.78, 5) is 20.6. The Morgan fingerprint density at radius 1 is 1.06 bits per heavy atom. The van der Waals surface area contributed by atoms with Gasteiger partial charge >= 0.3 is 6.09 Å². The first-order valence-electron chi connectivity index (χ1n) is 10.8. The molecule has 0 spiro atoms. The summed E-state index contributed by atoms with van der Waals surface area (Å²) in [6.45, 7) is 12.1. The summed E-state index contributed by atoms with van der Waals surface area (Å²) in [5, 5.41) is 0. The molecule has 6 heteroatoms. The second kappa shape index (κ2) is 10.4. The highest BCUT2D eigenvalue weighted by atomic mass is 16.6. The Morgan fingerprint density at radius 2 is 1.77 bits per heavy atom. The van der Waals surface area contributed by atoms with Crippen molar-refractivity contribution < 1.29 is 14.3 Å². The molecule has 1 amide bonds. The molecule has 3 rings (SSSR count). The Morgan fingerprint density at radius 3 is 2.39 bits per heavy atom. The first-order chi connectivity index (χ1) is 14.8. The number of hydrogen-bond acceptors (Lipinski definition) is 5. The van der Waals surface area contributed by atoms with E-state index in [1.54, 1.807) is 11.1 Å². The average Bonchev–Trinajstić information content (AvgIpc) is 2.73. The number of pyridine rings is 1. The van der Waals surface area contributed by atoms with Crippen molar-refractivity contribution in [1.29, 1.82) is 0 Å². The molecule has 6 nitrogen and oxygen atoms in total. The molecule has 0 bridgehead atoms. The molecule has 0 N–H and O–H groups in total. The molecule has 1 aliphatic rings. The van der Waals surface area contributed by atoms with E-state index in [0.29, 0.717) is 19.7 Å². The van der Waals surface area contributed by atoms with E-state index >= 15 is 0 Å². The van der Waals surface area contributed by atoms with E-state index in [1.807, 2.05) is 45.9 Å². The molecule has 1 aromatic carbocycles. The molecular formula is C25H33N3O3. The van der Waals surface area contributed by atoms with E-state index in [4.69, 9.17) is 9.47 Å². The second-order valence-corrected chi connectivity index (χ2v) is 8.83. The largest absolute Gasteiger partial charge is 0.488 e. The Labute approximate surface area is 185 Å². The number of rotatable bonds is 6. The molecule has 1 aliphatic heterocycles. The van der Waals surface area contributed by atoms with Crippen LogP contribution in [0.1, 0.15) is 37.6 Å². The number of carbonyl (C=O) groups is 1. The summed E-state index contributed by atoms with van der Waals surface area (Å²) in [6.07, 6.45) is 5.59. The number of aromatic nitrogens is 1. The van der Waals surface area contributed by atoms with Crippen molar-refractivity contribution in [3.05, 3.63) is 65.5 Å². The van der Waals surface area contributed by atoms with Gasteiger partial charge in [-0.3, -0.25) is 9.88 Å². The van der Waals surface area contributed by atoms with Crippen molar-refractivity contribution >= 4 is 12.2 Å². The van der Waals surface area contributed by atoms with Crippen molar-refractivity contribution in [3.63, 3.8) is 0 Å². The van der Waals surface area contributed by atoms with Gasteiger partial charge < -0.3 is 14.4 Å². The minimum atomic E-state index is -0.450. The summed E-state index contributed by atoms with van der Waals surface area (Å²) in [5.74, 6) is 0.775. The van der Waals surface area contributed by atoms with Crippen LogP contribution in [0.15, 0.2) is 48.7 Å². The normalized spacial score (nSPS) is 15.3. The summed E-state index contributed by atoms with van der Waals surface area (Å²) >= 11 is 0. The van der Waals surface area contributed by atoms with Gasteiger partial charge in [-0.05, 0) is 57.0 Å². The van der Waals surface area contributed by atoms with Crippen molar-refractivity contribution in [2.75, 3.05) is 32.8 Å². The summed E-state index contributed by atoms with van der Waals surface area (Å²) < 4.78 is 11.1. The lowest BCUT2D eigenvalue weighted by Crippen LogP contribution is -2.49. The molecule has 0 atom stereocenters. The maximum atomic E-state index is 12.2. The molecule has 1 saturated heterocycles. The first-order valence-corrected chi connectivity index (χ1v) is 10.8. The van der Waals surface area contributed by atoms with Gasteiger partial charge in [0, 0.05) is 38.4 Å². The third-order valence-corrected chi connectivity index (χ3v) is 4.95. The molecular weight excluding hydrogens is 390 g/mol. The van der Waals surface area contributed by atoms with Gasteiger partial charge in [-0.2, -0.15) is 0 Å². The van der Waals surface area contributed by atoms with Gasteiger partial charge in [0.15, 0.2) is 0 Å². The Kier molecular flexibility index (Phi) is 7.69. The zero-order chi connectivity index (χ0) is 22.3. The van der Waals surface area contributed by atoms with E-state index in [9.17, 15) is 4.79 Å². The van der Waals surface area contributed by atoms with Crippen LogP contribution in [0.5, 0.6) is 5.75 Å². The number of piperazine rings is 1. The maximum absolute atomic E-state index is 12.2. The van der Waals surface area contributed by atoms with Crippen LogP contribution < -0.4 is 4.74 Å². The maximum Gasteiger partial charge on any atom is 0.410 e. The molecule has 31 heavy (non-hydrogen) atoms. The van der Waals surface area contributed by atoms with Gasteiger partial charge in [-0.1, -0.05) is 30.3 Å². The number of benzene rings is 1. The molecule has 0 aliphatic carbocycles. The molecule has 1 fully saturated rings. The lowest BCUT2D eigenvalue weighted by atomic mass is 10.1. The highest BCUT2D eigenvalue weighted by molar-refractivity contribution is 5.68. The minimum Gasteiger partial charge on any atom is -0.488 e. The fraction of sp³-hybridized carbons (Fsp3) is 0.440.